The van der Waals surface area contributed by atoms with Crippen LogP contribution in [0.3, 0.4) is 0 Å². The second-order valence-electron chi connectivity index (χ2n) is 5.01. The van der Waals surface area contributed by atoms with Crippen LogP contribution in [0.25, 0.3) is 0 Å². The maximum atomic E-state index is 11.3. The van der Waals surface area contributed by atoms with Gasteiger partial charge >= 0.3 is 0 Å². The molecule has 116 valence electrons. The largest absolute Gasteiger partial charge is 0.491 e. The molecule has 5 nitrogen and oxygen atoms in total. The highest BCUT2D eigenvalue weighted by Gasteiger charge is 2.18. The van der Waals surface area contributed by atoms with Gasteiger partial charge in [-0.25, -0.2) is 0 Å². The third-order valence-electron chi connectivity index (χ3n) is 3.30. The van der Waals surface area contributed by atoms with Gasteiger partial charge in [-0.15, -0.1) is 0 Å². The van der Waals surface area contributed by atoms with Gasteiger partial charge in [0.2, 0.25) is 0 Å². The Morgan fingerprint density at radius 1 is 1.48 bits per heavy atom. The second kappa shape index (κ2) is 7.84. The molecule has 7 heteroatoms. The van der Waals surface area contributed by atoms with E-state index in [1.165, 1.54) is 0 Å². The van der Waals surface area contributed by atoms with Crippen molar-refractivity contribution in [2.24, 2.45) is 5.73 Å². The number of hydrogen-bond donors (Lipinski definition) is 2. The molecular weight excluding hydrogens is 308 g/mol. The number of aliphatic hydroxyl groups excluding tert-OH is 1. The molecule has 1 saturated heterocycles. The average Bonchev–Trinajstić information content (AvgIpc) is 2.48. The first-order chi connectivity index (χ1) is 10.0. The van der Waals surface area contributed by atoms with E-state index in [2.05, 4.69) is 4.90 Å². The summed E-state index contributed by atoms with van der Waals surface area (Å²) in [6.45, 7) is 2.27. The van der Waals surface area contributed by atoms with Crippen molar-refractivity contribution in [2.45, 2.75) is 6.10 Å². The highest BCUT2D eigenvalue weighted by molar-refractivity contribution is 7.85. The summed E-state index contributed by atoms with van der Waals surface area (Å²) in [6, 6.07) is 7.20. The molecule has 1 aromatic carbocycles. The zero-order valence-electron chi connectivity index (χ0n) is 11.7. The molecule has 1 aromatic rings. The minimum Gasteiger partial charge on any atom is -0.491 e. The Morgan fingerprint density at radius 3 is 2.86 bits per heavy atom. The SMILES string of the molecule is NC(=S)c1cccc(OCC(O)CN2CCS(=O)CC2)c1. The Balaban J connectivity index is 1.78. The van der Waals surface area contributed by atoms with E-state index >= 15 is 0 Å². The molecule has 1 aliphatic rings. The number of nitrogens with zero attached hydrogens (tertiary/aromatic N) is 1. The van der Waals surface area contributed by atoms with Gasteiger partial charge in [0.1, 0.15) is 23.4 Å². The fraction of sp³-hybridized carbons (Fsp3) is 0.500. The van der Waals surface area contributed by atoms with Gasteiger partial charge < -0.3 is 15.6 Å². The quantitative estimate of drug-likeness (QED) is 0.723. The first-order valence-corrected chi connectivity index (χ1v) is 8.72. The van der Waals surface area contributed by atoms with Crippen LogP contribution in [0.5, 0.6) is 5.75 Å². The van der Waals surface area contributed by atoms with Crippen LogP contribution in [0.2, 0.25) is 0 Å². The zero-order chi connectivity index (χ0) is 15.2. The van der Waals surface area contributed by atoms with E-state index in [0.717, 1.165) is 18.7 Å². The molecule has 21 heavy (non-hydrogen) atoms. The summed E-state index contributed by atoms with van der Waals surface area (Å²) >= 11 is 4.92. The predicted molar refractivity (Wildman–Crippen MR) is 88.1 cm³/mol. The Morgan fingerprint density at radius 2 is 2.19 bits per heavy atom. The van der Waals surface area contributed by atoms with Crippen molar-refractivity contribution in [1.82, 2.24) is 4.90 Å². The number of hydrogen-bond acceptors (Lipinski definition) is 5. The van der Waals surface area contributed by atoms with Crippen LogP contribution in [-0.2, 0) is 10.8 Å². The number of nitrogens with two attached hydrogens (primary N) is 1. The van der Waals surface area contributed by atoms with Gasteiger partial charge in [-0.2, -0.15) is 0 Å². The lowest BCUT2D eigenvalue weighted by Gasteiger charge is -2.28. The van der Waals surface area contributed by atoms with Crippen LogP contribution in [0, 0.1) is 0 Å². The summed E-state index contributed by atoms with van der Waals surface area (Å²) < 4.78 is 16.8. The van der Waals surface area contributed by atoms with Gasteiger partial charge in [-0.1, -0.05) is 24.4 Å². The van der Waals surface area contributed by atoms with Crippen molar-refractivity contribution in [3.63, 3.8) is 0 Å². The van der Waals surface area contributed by atoms with E-state index in [0.29, 0.717) is 28.8 Å². The summed E-state index contributed by atoms with van der Waals surface area (Å²) in [5, 5.41) is 10.0. The molecule has 2 rings (SSSR count). The van der Waals surface area contributed by atoms with Crippen molar-refractivity contribution >= 4 is 28.0 Å². The fourth-order valence-electron chi connectivity index (χ4n) is 2.14. The number of β-amino-alcohol motifs (C(OH)–C–C–N with tert-alkyl or cyclic N) is 1. The molecule has 0 spiro atoms. The lowest BCUT2D eigenvalue weighted by Crippen LogP contribution is -2.43. The average molecular weight is 328 g/mol. The highest BCUT2D eigenvalue weighted by Crippen LogP contribution is 2.13. The molecule has 1 fully saturated rings. The summed E-state index contributed by atoms with van der Waals surface area (Å²) in [5.41, 5.74) is 6.31. The smallest absolute Gasteiger partial charge is 0.120 e. The van der Waals surface area contributed by atoms with Gasteiger partial charge in [-0.05, 0) is 12.1 Å². The number of benzene rings is 1. The molecule has 0 radical (unpaired) electrons. The first kappa shape index (κ1) is 16.4. The van der Waals surface area contributed by atoms with E-state index in [4.69, 9.17) is 22.7 Å². The molecule has 1 unspecified atom stereocenters. The van der Waals surface area contributed by atoms with Crippen LogP contribution in [0.4, 0.5) is 0 Å². The van der Waals surface area contributed by atoms with Gasteiger partial charge in [0.15, 0.2) is 0 Å². The zero-order valence-corrected chi connectivity index (χ0v) is 13.4. The second-order valence-corrected chi connectivity index (χ2v) is 7.14. The monoisotopic (exact) mass is 328 g/mol. The minimum absolute atomic E-state index is 0.209. The van der Waals surface area contributed by atoms with Crippen LogP contribution < -0.4 is 10.5 Å². The third-order valence-corrected chi connectivity index (χ3v) is 4.81. The first-order valence-electron chi connectivity index (χ1n) is 6.82. The Kier molecular flexibility index (Phi) is 6.10. The van der Waals surface area contributed by atoms with Crippen molar-refractivity contribution in [3.05, 3.63) is 29.8 Å². The van der Waals surface area contributed by atoms with Crippen molar-refractivity contribution < 1.29 is 14.1 Å². The molecular formula is C14H20N2O3S2. The highest BCUT2D eigenvalue weighted by atomic mass is 32.2. The lowest BCUT2D eigenvalue weighted by atomic mass is 10.2. The molecule has 1 heterocycles. The van der Waals surface area contributed by atoms with Gasteiger partial charge in [-0.3, -0.25) is 9.11 Å². The summed E-state index contributed by atoms with van der Waals surface area (Å²) in [6.07, 6.45) is -0.579. The van der Waals surface area contributed by atoms with E-state index in [1.54, 1.807) is 12.1 Å². The van der Waals surface area contributed by atoms with Crippen LogP contribution >= 0.6 is 12.2 Å². The Labute approximate surface area is 132 Å². The topological polar surface area (TPSA) is 75.8 Å². The molecule has 1 aliphatic heterocycles. The summed E-state index contributed by atoms with van der Waals surface area (Å²) in [4.78, 5) is 2.43. The van der Waals surface area contributed by atoms with E-state index in [1.807, 2.05) is 12.1 Å². The fourth-order valence-corrected chi connectivity index (χ4v) is 3.40. The van der Waals surface area contributed by atoms with Gasteiger partial charge in [0.25, 0.3) is 0 Å². The molecule has 1 atom stereocenters. The number of aliphatic hydroxyl groups is 1. The molecule has 3 N–H and O–H groups in total. The van der Waals surface area contributed by atoms with Crippen molar-refractivity contribution in [2.75, 3.05) is 37.7 Å². The van der Waals surface area contributed by atoms with E-state index in [9.17, 15) is 9.32 Å². The molecule has 0 aliphatic carbocycles. The predicted octanol–water partition coefficient (Wildman–Crippen LogP) is 0.125. The minimum atomic E-state index is -0.695. The van der Waals surface area contributed by atoms with E-state index in [-0.39, 0.29) is 6.61 Å². The number of ether oxygens (including phenoxy) is 1. The maximum absolute atomic E-state index is 11.3. The van der Waals surface area contributed by atoms with E-state index < -0.39 is 16.9 Å². The normalized spacial score (nSPS) is 18.3. The summed E-state index contributed by atoms with van der Waals surface area (Å²) in [5.74, 6) is 2.01. The Bertz CT molecular complexity index is 515. The third kappa shape index (κ3) is 5.35. The molecule has 0 saturated carbocycles. The van der Waals surface area contributed by atoms with Crippen molar-refractivity contribution in [1.29, 1.82) is 0 Å². The van der Waals surface area contributed by atoms with Crippen LogP contribution in [0.1, 0.15) is 5.56 Å². The van der Waals surface area contributed by atoms with Gasteiger partial charge in [0, 0.05) is 47.5 Å². The molecule has 0 aromatic heterocycles. The Hall–Kier alpha value is -1.02. The lowest BCUT2D eigenvalue weighted by molar-refractivity contribution is 0.0713. The standard InChI is InChI=1S/C14H20N2O3S2/c15-14(20)11-2-1-3-13(8-11)19-10-12(17)9-16-4-6-21(18)7-5-16/h1-3,8,12,17H,4-7,9-10H2,(H2,15,20). The number of rotatable bonds is 6. The van der Waals surface area contributed by atoms with Crippen LogP contribution in [-0.4, -0.2) is 63.1 Å². The number of thiocarbonyl (C=S) groups is 1. The van der Waals surface area contributed by atoms with Crippen molar-refractivity contribution in [3.8, 4) is 5.75 Å². The van der Waals surface area contributed by atoms with Gasteiger partial charge in [0.05, 0.1) is 0 Å². The maximum Gasteiger partial charge on any atom is 0.120 e. The summed E-state index contributed by atoms with van der Waals surface area (Å²) in [7, 11) is -0.695. The molecule has 0 amide bonds. The van der Waals surface area contributed by atoms with Crippen LogP contribution in [0.15, 0.2) is 24.3 Å². The molecule has 0 bridgehead atoms.